The van der Waals surface area contributed by atoms with Crippen molar-refractivity contribution in [3.63, 3.8) is 0 Å². The molecule has 0 aliphatic carbocycles. The predicted molar refractivity (Wildman–Crippen MR) is 87.6 cm³/mol. The Morgan fingerprint density at radius 1 is 1.33 bits per heavy atom. The molecule has 1 heterocycles. The standard InChI is InChI=1S/C18H28N2O/c1-13-11-19-10-9-14(13)12-20-17(21)15-7-5-6-8-16(15)18(2,3)4/h5-8,13-14,19H,9-12H2,1-4H3,(H,20,21). The largest absolute Gasteiger partial charge is 0.352 e. The fourth-order valence-electron chi connectivity index (χ4n) is 3.03. The highest BCUT2D eigenvalue weighted by Crippen LogP contribution is 2.26. The van der Waals surface area contributed by atoms with Crippen LogP contribution in [0.3, 0.4) is 0 Å². The number of benzene rings is 1. The lowest BCUT2D eigenvalue weighted by Crippen LogP contribution is -2.41. The lowest BCUT2D eigenvalue weighted by molar-refractivity contribution is 0.0936. The Morgan fingerprint density at radius 3 is 2.71 bits per heavy atom. The molecule has 21 heavy (non-hydrogen) atoms. The molecule has 3 heteroatoms. The van der Waals surface area contributed by atoms with Crippen LogP contribution in [0.2, 0.25) is 0 Å². The van der Waals surface area contributed by atoms with Crippen molar-refractivity contribution in [1.29, 1.82) is 0 Å². The second-order valence-corrected chi connectivity index (χ2v) is 7.24. The molecule has 2 rings (SSSR count). The molecule has 0 saturated carbocycles. The van der Waals surface area contributed by atoms with Gasteiger partial charge in [0.1, 0.15) is 0 Å². The maximum absolute atomic E-state index is 12.5. The number of hydrogen-bond acceptors (Lipinski definition) is 2. The smallest absolute Gasteiger partial charge is 0.251 e. The molecular formula is C18H28N2O. The van der Waals surface area contributed by atoms with Crippen LogP contribution in [0.5, 0.6) is 0 Å². The van der Waals surface area contributed by atoms with Crippen LogP contribution >= 0.6 is 0 Å². The molecule has 1 amide bonds. The molecule has 0 aromatic heterocycles. The topological polar surface area (TPSA) is 41.1 Å². The highest BCUT2D eigenvalue weighted by molar-refractivity contribution is 5.96. The average Bonchev–Trinajstić information content (AvgIpc) is 2.45. The number of amides is 1. The van der Waals surface area contributed by atoms with Gasteiger partial charge in [0.05, 0.1) is 0 Å². The molecule has 2 unspecified atom stereocenters. The van der Waals surface area contributed by atoms with E-state index >= 15 is 0 Å². The molecule has 2 N–H and O–H groups in total. The van der Waals surface area contributed by atoms with Gasteiger partial charge in [0.2, 0.25) is 0 Å². The van der Waals surface area contributed by atoms with E-state index in [0.29, 0.717) is 11.8 Å². The first-order valence-electron chi connectivity index (χ1n) is 7.98. The first-order chi connectivity index (χ1) is 9.89. The van der Waals surface area contributed by atoms with Crippen LogP contribution in [-0.4, -0.2) is 25.5 Å². The van der Waals surface area contributed by atoms with Gasteiger partial charge >= 0.3 is 0 Å². The average molecular weight is 288 g/mol. The van der Waals surface area contributed by atoms with Crippen molar-refractivity contribution >= 4 is 5.91 Å². The highest BCUT2D eigenvalue weighted by atomic mass is 16.1. The van der Waals surface area contributed by atoms with Gasteiger partial charge in [0.25, 0.3) is 5.91 Å². The van der Waals surface area contributed by atoms with Crippen LogP contribution in [0, 0.1) is 11.8 Å². The van der Waals surface area contributed by atoms with Gasteiger partial charge in [-0.1, -0.05) is 45.9 Å². The Kier molecular flexibility index (Phi) is 5.04. The molecule has 2 atom stereocenters. The van der Waals surface area contributed by atoms with Gasteiger partial charge in [0, 0.05) is 12.1 Å². The third kappa shape index (κ3) is 4.07. The van der Waals surface area contributed by atoms with Crippen molar-refractivity contribution < 1.29 is 4.79 Å². The Balaban J connectivity index is 2.04. The van der Waals surface area contributed by atoms with Gasteiger partial charge in [-0.15, -0.1) is 0 Å². The van der Waals surface area contributed by atoms with E-state index < -0.39 is 0 Å². The summed E-state index contributed by atoms with van der Waals surface area (Å²) in [6.07, 6.45) is 1.14. The van der Waals surface area contributed by atoms with E-state index in [9.17, 15) is 4.79 Å². The summed E-state index contributed by atoms with van der Waals surface area (Å²) >= 11 is 0. The van der Waals surface area contributed by atoms with E-state index in [1.807, 2.05) is 18.2 Å². The lowest BCUT2D eigenvalue weighted by Gasteiger charge is -2.30. The van der Waals surface area contributed by atoms with Gasteiger partial charge in [-0.25, -0.2) is 0 Å². The molecule has 1 fully saturated rings. The van der Waals surface area contributed by atoms with Gasteiger partial charge in [-0.05, 0) is 48.4 Å². The summed E-state index contributed by atoms with van der Waals surface area (Å²) in [5, 5.41) is 6.54. The summed E-state index contributed by atoms with van der Waals surface area (Å²) in [5.74, 6) is 1.26. The summed E-state index contributed by atoms with van der Waals surface area (Å²) < 4.78 is 0. The maximum Gasteiger partial charge on any atom is 0.251 e. The Bertz CT molecular complexity index is 490. The van der Waals surface area contributed by atoms with Crippen molar-refractivity contribution in [2.75, 3.05) is 19.6 Å². The fraction of sp³-hybridized carbons (Fsp3) is 0.611. The Labute approximate surface area is 128 Å². The molecule has 0 bridgehead atoms. The number of piperidine rings is 1. The third-order valence-electron chi connectivity index (χ3n) is 4.47. The van der Waals surface area contributed by atoms with Crippen molar-refractivity contribution in [2.45, 2.75) is 39.5 Å². The number of rotatable bonds is 3. The molecule has 0 radical (unpaired) electrons. The molecule has 1 aromatic carbocycles. The SMILES string of the molecule is CC1CNCCC1CNC(=O)c1ccccc1C(C)(C)C. The van der Waals surface area contributed by atoms with Crippen LogP contribution in [0.4, 0.5) is 0 Å². The normalized spacial score (nSPS) is 22.9. The van der Waals surface area contributed by atoms with Crippen molar-refractivity contribution in [1.82, 2.24) is 10.6 Å². The Hall–Kier alpha value is -1.35. The second kappa shape index (κ2) is 6.61. The van der Waals surface area contributed by atoms with Crippen LogP contribution < -0.4 is 10.6 Å². The number of carbonyl (C=O) groups excluding carboxylic acids is 1. The molecule has 1 saturated heterocycles. The molecule has 3 nitrogen and oxygen atoms in total. The molecule has 1 aliphatic heterocycles. The minimum atomic E-state index is -0.0179. The first-order valence-corrected chi connectivity index (χ1v) is 7.98. The summed E-state index contributed by atoms with van der Waals surface area (Å²) in [7, 11) is 0. The number of carbonyl (C=O) groups is 1. The number of hydrogen-bond donors (Lipinski definition) is 2. The summed E-state index contributed by atoms with van der Waals surface area (Å²) in [4.78, 5) is 12.5. The van der Waals surface area contributed by atoms with Crippen LogP contribution in [0.1, 0.15) is 50.0 Å². The minimum absolute atomic E-state index is 0.0179. The zero-order valence-electron chi connectivity index (χ0n) is 13.7. The van der Waals surface area contributed by atoms with E-state index in [1.54, 1.807) is 0 Å². The quantitative estimate of drug-likeness (QED) is 0.898. The van der Waals surface area contributed by atoms with Gasteiger partial charge in [0.15, 0.2) is 0 Å². The molecule has 116 valence electrons. The van der Waals surface area contributed by atoms with Gasteiger partial charge in [-0.3, -0.25) is 4.79 Å². The van der Waals surface area contributed by atoms with Crippen molar-refractivity contribution in [3.8, 4) is 0 Å². The van der Waals surface area contributed by atoms with E-state index in [2.05, 4.69) is 44.4 Å². The molecule has 0 spiro atoms. The number of nitrogens with one attached hydrogen (secondary N) is 2. The van der Waals surface area contributed by atoms with E-state index in [1.165, 1.54) is 0 Å². The van der Waals surface area contributed by atoms with Crippen LogP contribution in [0.25, 0.3) is 0 Å². The van der Waals surface area contributed by atoms with E-state index in [0.717, 1.165) is 37.2 Å². The predicted octanol–water partition coefficient (Wildman–Crippen LogP) is 2.96. The van der Waals surface area contributed by atoms with Crippen molar-refractivity contribution in [3.05, 3.63) is 35.4 Å². The molecular weight excluding hydrogens is 260 g/mol. The highest BCUT2D eigenvalue weighted by Gasteiger charge is 2.24. The zero-order chi connectivity index (χ0) is 15.5. The minimum Gasteiger partial charge on any atom is -0.352 e. The van der Waals surface area contributed by atoms with Gasteiger partial charge < -0.3 is 10.6 Å². The second-order valence-electron chi connectivity index (χ2n) is 7.24. The molecule has 1 aliphatic rings. The maximum atomic E-state index is 12.5. The lowest BCUT2D eigenvalue weighted by atomic mass is 9.83. The Morgan fingerprint density at radius 2 is 2.05 bits per heavy atom. The summed E-state index contributed by atoms with van der Waals surface area (Å²) in [5.41, 5.74) is 1.91. The van der Waals surface area contributed by atoms with Crippen LogP contribution in [0.15, 0.2) is 24.3 Å². The van der Waals surface area contributed by atoms with Crippen LogP contribution in [-0.2, 0) is 5.41 Å². The van der Waals surface area contributed by atoms with E-state index in [4.69, 9.17) is 0 Å². The zero-order valence-corrected chi connectivity index (χ0v) is 13.7. The summed E-state index contributed by atoms with van der Waals surface area (Å²) in [6.45, 7) is 11.6. The molecule has 1 aromatic rings. The third-order valence-corrected chi connectivity index (χ3v) is 4.47. The monoisotopic (exact) mass is 288 g/mol. The van der Waals surface area contributed by atoms with E-state index in [-0.39, 0.29) is 11.3 Å². The van der Waals surface area contributed by atoms with Crippen molar-refractivity contribution in [2.24, 2.45) is 11.8 Å². The first kappa shape index (κ1) is 16.0. The summed E-state index contributed by atoms with van der Waals surface area (Å²) in [6, 6.07) is 7.94. The fourth-order valence-corrected chi connectivity index (χ4v) is 3.03. The van der Waals surface area contributed by atoms with Gasteiger partial charge in [-0.2, -0.15) is 0 Å².